The summed E-state index contributed by atoms with van der Waals surface area (Å²) in [4.78, 5) is 2.35. The van der Waals surface area contributed by atoms with E-state index in [4.69, 9.17) is 0 Å². The van der Waals surface area contributed by atoms with Crippen molar-refractivity contribution in [3.05, 3.63) is 172 Å². The lowest BCUT2D eigenvalue weighted by molar-refractivity contribution is 0.811. The van der Waals surface area contributed by atoms with Gasteiger partial charge >= 0.3 is 0 Å². The molecular formula is C42H28N2. The second-order valence-electron chi connectivity index (χ2n) is 11.9. The van der Waals surface area contributed by atoms with Crippen LogP contribution in [0.2, 0.25) is 0 Å². The minimum atomic E-state index is -0.338. The number of nitriles is 1. The summed E-state index contributed by atoms with van der Waals surface area (Å²) in [6, 6.07) is 48.2. The minimum Gasteiger partial charge on any atom is -0.310 e. The Bertz CT molecular complexity index is 2310. The number of hydrogen-bond donors (Lipinski definition) is 0. The molecule has 0 fully saturated rings. The molecule has 1 spiro atoms. The zero-order chi connectivity index (χ0) is 29.6. The second kappa shape index (κ2) is 8.93. The summed E-state index contributed by atoms with van der Waals surface area (Å²) < 4.78 is 0. The van der Waals surface area contributed by atoms with Crippen LogP contribution in [-0.4, -0.2) is 0 Å². The third-order valence-corrected chi connectivity index (χ3v) is 9.99. The highest BCUT2D eigenvalue weighted by molar-refractivity contribution is 6.10. The third-order valence-electron chi connectivity index (χ3n) is 9.99. The number of nitrogens with zero attached hydrogens (tertiary/aromatic N) is 2. The van der Waals surface area contributed by atoms with Gasteiger partial charge in [-0.3, -0.25) is 0 Å². The van der Waals surface area contributed by atoms with Gasteiger partial charge in [0.1, 0.15) is 0 Å². The fraction of sp³-hybridized carbons (Fsp3) is 0.0714. The van der Waals surface area contributed by atoms with Crippen LogP contribution in [0.5, 0.6) is 0 Å². The van der Waals surface area contributed by atoms with Gasteiger partial charge < -0.3 is 4.90 Å². The van der Waals surface area contributed by atoms with Gasteiger partial charge in [0, 0.05) is 16.8 Å². The van der Waals surface area contributed by atoms with Gasteiger partial charge in [-0.25, -0.2) is 0 Å². The molecule has 0 saturated carbocycles. The van der Waals surface area contributed by atoms with E-state index >= 15 is 0 Å². The van der Waals surface area contributed by atoms with Crippen LogP contribution in [0.25, 0.3) is 33.0 Å². The molecule has 0 saturated heterocycles. The lowest BCUT2D eigenvalue weighted by Gasteiger charge is -2.31. The maximum atomic E-state index is 9.55. The van der Waals surface area contributed by atoms with Crippen LogP contribution in [-0.2, 0) is 5.41 Å². The van der Waals surface area contributed by atoms with Crippen LogP contribution in [0.4, 0.5) is 17.1 Å². The van der Waals surface area contributed by atoms with Gasteiger partial charge in [-0.05, 0) is 117 Å². The fourth-order valence-electron chi connectivity index (χ4n) is 8.34. The average Bonchev–Trinajstić information content (AvgIpc) is 3.65. The first-order valence-electron chi connectivity index (χ1n) is 15.2. The maximum absolute atomic E-state index is 9.55. The Labute approximate surface area is 257 Å². The molecule has 206 valence electrons. The normalized spacial score (nSPS) is 17.8. The van der Waals surface area contributed by atoms with E-state index in [-0.39, 0.29) is 5.41 Å². The number of benzene rings is 6. The quantitative estimate of drug-likeness (QED) is 0.215. The minimum absolute atomic E-state index is 0.338. The lowest BCUT2D eigenvalue weighted by Crippen LogP contribution is -2.24. The summed E-state index contributed by atoms with van der Waals surface area (Å²) >= 11 is 0. The van der Waals surface area contributed by atoms with Crippen molar-refractivity contribution >= 4 is 39.0 Å². The molecule has 1 unspecified atom stereocenters. The van der Waals surface area contributed by atoms with Crippen LogP contribution in [0.1, 0.15) is 47.2 Å². The Kier molecular flexibility index (Phi) is 5.05. The van der Waals surface area contributed by atoms with Crippen molar-refractivity contribution in [2.24, 2.45) is 0 Å². The van der Waals surface area contributed by atoms with Crippen LogP contribution in [0, 0.1) is 11.3 Å². The SMILES string of the molecule is C/C=C1\C2=C(C)c3ccccc3C23c2cc(N(c4ccc(C#N)cc4)c4cccc5ccccc45)ccc2-c2cccc1c23. The van der Waals surface area contributed by atoms with E-state index in [1.54, 1.807) is 0 Å². The largest absolute Gasteiger partial charge is 0.310 e. The molecule has 6 aromatic rings. The van der Waals surface area contributed by atoms with E-state index < -0.39 is 0 Å². The maximum Gasteiger partial charge on any atom is 0.0991 e. The Balaban J connectivity index is 1.36. The number of allylic oxidation sites excluding steroid dienone is 4. The summed E-state index contributed by atoms with van der Waals surface area (Å²) in [5.41, 5.74) is 17.2. The van der Waals surface area contributed by atoms with Crippen LogP contribution < -0.4 is 4.90 Å². The Morgan fingerprint density at radius 3 is 2.20 bits per heavy atom. The van der Waals surface area contributed by atoms with Crippen molar-refractivity contribution in [2.45, 2.75) is 19.3 Å². The summed E-state index contributed by atoms with van der Waals surface area (Å²) in [5, 5.41) is 11.9. The summed E-state index contributed by atoms with van der Waals surface area (Å²) in [7, 11) is 0. The first-order valence-corrected chi connectivity index (χ1v) is 15.2. The average molecular weight is 561 g/mol. The summed E-state index contributed by atoms with van der Waals surface area (Å²) in [6.45, 7) is 4.48. The number of anilines is 3. The fourth-order valence-corrected chi connectivity index (χ4v) is 8.34. The molecule has 0 bridgehead atoms. The van der Waals surface area contributed by atoms with Gasteiger partial charge in [-0.15, -0.1) is 0 Å². The number of fused-ring (bicyclic) bond motifs is 4. The van der Waals surface area contributed by atoms with Gasteiger partial charge in [0.15, 0.2) is 0 Å². The van der Waals surface area contributed by atoms with E-state index in [0.29, 0.717) is 5.56 Å². The zero-order valence-corrected chi connectivity index (χ0v) is 24.6. The van der Waals surface area contributed by atoms with E-state index in [1.807, 2.05) is 12.1 Å². The topological polar surface area (TPSA) is 27.0 Å². The number of rotatable bonds is 3. The van der Waals surface area contributed by atoms with Crippen LogP contribution >= 0.6 is 0 Å². The van der Waals surface area contributed by atoms with Gasteiger partial charge in [0.05, 0.1) is 22.7 Å². The van der Waals surface area contributed by atoms with Crippen LogP contribution in [0.3, 0.4) is 0 Å². The number of hydrogen-bond acceptors (Lipinski definition) is 2. The van der Waals surface area contributed by atoms with Crippen molar-refractivity contribution in [1.82, 2.24) is 0 Å². The highest BCUT2D eigenvalue weighted by atomic mass is 15.1. The third kappa shape index (κ3) is 2.99. The molecule has 44 heavy (non-hydrogen) atoms. The van der Waals surface area contributed by atoms with Crippen molar-refractivity contribution in [1.29, 1.82) is 5.26 Å². The van der Waals surface area contributed by atoms with E-state index in [2.05, 4.69) is 146 Å². The zero-order valence-electron chi connectivity index (χ0n) is 24.6. The lowest BCUT2D eigenvalue weighted by atomic mass is 9.72. The van der Waals surface area contributed by atoms with E-state index in [0.717, 1.165) is 17.1 Å². The van der Waals surface area contributed by atoms with Gasteiger partial charge in [0.2, 0.25) is 0 Å². The van der Waals surface area contributed by atoms with Crippen molar-refractivity contribution in [2.75, 3.05) is 4.90 Å². The predicted octanol–water partition coefficient (Wildman–Crippen LogP) is 10.7. The standard InChI is InChI=1S/C42H28N2/c1-3-31-35-14-9-15-36-34-23-22-30(24-38(34)42(41(35)36)37-16-7-6-12-32(37)26(2)40(31)42)44(29-20-18-27(25-43)19-21-29)39-17-8-11-28-10-4-5-13-33(28)39/h3-24H,1-2H3/b31-3-. The molecular weight excluding hydrogens is 532 g/mol. The van der Waals surface area contributed by atoms with E-state index in [1.165, 1.54) is 66.4 Å². The van der Waals surface area contributed by atoms with Gasteiger partial charge in [-0.2, -0.15) is 5.26 Å². The molecule has 0 aromatic heterocycles. The Hall–Kier alpha value is -5.65. The summed E-state index contributed by atoms with van der Waals surface area (Å²) in [6.07, 6.45) is 2.31. The van der Waals surface area contributed by atoms with Gasteiger partial charge in [0.25, 0.3) is 0 Å². The molecule has 0 amide bonds. The molecule has 9 rings (SSSR count). The molecule has 0 heterocycles. The monoisotopic (exact) mass is 560 g/mol. The molecule has 3 aliphatic rings. The molecule has 3 aliphatic carbocycles. The molecule has 2 heteroatoms. The van der Waals surface area contributed by atoms with Gasteiger partial charge in [-0.1, -0.05) is 91.0 Å². The van der Waals surface area contributed by atoms with Crippen molar-refractivity contribution in [3.63, 3.8) is 0 Å². The molecule has 0 aliphatic heterocycles. The second-order valence-corrected chi connectivity index (χ2v) is 11.9. The molecule has 2 nitrogen and oxygen atoms in total. The first-order chi connectivity index (χ1) is 21.7. The Morgan fingerprint density at radius 1 is 0.659 bits per heavy atom. The highest BCUT2D eigenvalue weighted by Crippen LogP contribution is 2.69. The first kappa shape index (κ1) is 24.9. The molecule has 6 aromatic carbocycles. The summed E-state index contributed by atoms with van der Waals surface area (Å²) in [5.74, 6) is 0. The predicted molar refractivity (Wildman–Crippen MR) is 181 cm³/mol. The van der Waals surface area contributed by atoms with E-state index in [9.17, 15) is 5.26 Å². The molecule has 0 N–H and O–H groups in total. The van der Waals surface area contributed by atoms with Crippen LogP contribution in [0.15, 0.2) is 139 Å². The molecule has 1 atom stereocenters. The Morgan fingerprint density at radius 2 is 1.36 bits per heavy atom. The van der Waals surface area contributed by atoms with Crippen molar-refractivity contribution < 1.29 is 0 Å². The van der Waals surface area contributed by atoms with Crippen molar-refractivity contribution in [3.8, 4) is 17.2 Å². The molecule has 0 radical (unpaired) electrons. The smallest absolute Gasteiger partial charge is 0.0991 e. The highest BCUT2D eigenvalue weighted by Gasteiger charge is 2.58.